The largest absolute Gasteiger partial charge is 0.481 e. The average molecular weight is 239 g/mol. The van der Waals surface area contributed by atoms with Gasteiger partial charge in [-0.25, -0.2) is 4.98 Å². The predicted octanol–water partition coefficient (Wildman–Crippen LogP) is 2.24. The zero-order valence-corrected chi connectivity index (χ0v) is 9.53. The molecule has 0 aliphatic carbocycles. The van der Waals surface area contributed by atoms with Gasteiger partial charge >= 0.3 is 5.97 Å². The van der Waals surface area contributed by atoms with Crippen molar-refractivity contribution in [2.24, 2.45) is 7.05 Å². The third-order valence-electron chi connectivity index (χ3n) is 2.50. The van der Waals surface area contributed by atoms with Crippen LogP contribution < -0.4 is 0 Å². The Labute approximate surface area is 97.5 Å². The first kappa shape index (κ1) is 11.0. The Morgan fingerprint density at radius 3 is 3.00 bits per heavy atom. The molecule has 0 saturated carbocycles. The molecular formula is C11H11ClN2O2. The van der Waals surface area contributed by atoms with Crippen LogP contribution in [0.25, 0.3) is 11.0 Å². The van der Waals surface area contributed by atoms with E-state index in [1.807, 2.05) is 17.7 Å². The number of carbonyl (C=O) groups is 1. The lowest BCUT2D eigenvalue weighted by Gasteiger charge is -1.99. The van der Waals surface area contributed by atoms with Crippen LogP contribution in [0.1, 0.15) is 12.2 Å². The van der Waals surface area contributed by atoms with E-state index in [4.69, 9.17) is 16.7 Å². The van der Waals surface area contributed by atoms with Gasteiger partial charge in [-0.2, -0.15) is 0 Å². The normalized spacial score (nSPS) is 10.9. The highest BCUT2D eigenvalue weighted by atomic mass is 35.5. The average Bonchev–Trinajstić information content (AvgIpc) is 2.52. The SMILES string of the molecule is Cn1c(CCC(=O)O)nc2cc(Cl)ccc21. The smallest absolute Gasteiger partial charge is 0.303 e. The van der Waals surface area contributed by atoms with Gasteiger partial charge in [0.05, 0.1) is 17.5 Å². The molecule has 5 heteroatoms. The van der Waals surface area contributed by atoms with Crippen LogP contribution in [0.4, 0.5) is 0 Å². The highest BCUT2D eigenvalue weighted by molar-refractivity contribution is 6.31. The third-order valence-corrected chi connectivity index (χ3v) is 2.73. The zero-order chi connectivity index (χ0) is 11.7. The fourth-order valence-electron chi connectivity index (χ4n) is 1.67. The Balaban J connectivity index is 2.39. The second-order valence-electron chi connectivity index (χ2n) is 3.61. The van der Waals surface area contributed by atoms with Crippen LogP contribution in [-0.2, 0) is 18.3 Å². The first-order valence-corrected chi connectivity index (χ1v) is 5.28. The summed E-state index contributed by atoms with van der Waals surface area (Å²) in [5.41, 5.74) is 1.76. The molecule has 0 amide bonds. The Morgan fingerprint density at radius 1 is 1.56 bits per heavy atom. The molecular weight excluding hydrogens is 228 g/mol. The number of carboxylic acid groups (broad SMARTS) is 1. The summed E-state index contributed by atoms with van der Waals surface area (Å²) in [4.78, 5) is 14.9. The summed E-state index contributed by atoms with van der Waals surface area (Å²) >= 11 is 5.86. The van der Waals surface area contributed by atoms with Crippen LogP contribution in [-0.4, -0.2) is 20.6 Å². The topological polar surface area (TPSA) is 55.1 Å². The van der Waals surface area contributed by atoms with Gasteiger partial charge in [0.2, 0.25) is 0 Å². The Kier molecular flexibility index (Phi) is 2.83. The lowest BCUT2D eigenvalue weighted by molar-refractivity contribution is -0.137. The highest BCUT2D eigenvalue weighted by Crippen LogP contribution is 2.20. The molecule has 1 heterocycles. The van der Waals surface area contributed by atoms with Crippen molar-refractivity contribution < 1.29 is 9.90 Å². The van der Waals surface area contributed by atoms with Crippen molar-refractivity contribution >= 4 is 28.6 Å². The van der Waals surface area contributed by atoms with E-state index in [9.17, 15) is 4.79 Å². The van der Waals surface area contributed by atoms with Crippen LogP contribution in [0.5, 0.6) is 0 Å². The van der Waals surface area contributed by atoms with Crippen LogP contribution in [0.2, 0.25) is 5.02 Å². The zero-order valence-electron chi connectivity index (χ0n) is 8.77. The molecule has 1 aromatic heterocycles. The van der Waals surface area contributed by atoms with Gasteiger partial charge in [-0.1, -0.05) is 11.6 Å². The number of hydrogen-bond acceptors (Lipinski definition) is 2. The van der Waals surface area contributed by atoms with Gasteiger partial charge in [-0.05, 0) is 18.2 Å². The molecule has 1 aromatic carbocycles. The fourth-order valence-corrected chi connectivity index (χ4v) is 1.83. The van der Waals surface area contributed by atoms with E-state index in [0.717, 1.165) is 16.9 Å². The summed E-state index contributed by atoms with van der Waals surface area (Å²) in [6, 6.07) is 5.46. The van der Waals surface area contributed by atoms with E-state index in [2.05, 4.69) is 4.98 Å². The summed E-state index contributed by atoms with van der Waals surface area (Å²) in [5, 5.41) is 9.26. The summed E-state index contributed by atoms with van der Waals surface area (Å²) in [7, 11) is 1.88. The second-order valence-corrected chi connectivity index (χ2v) is 4.05. The van der Waals surface area contributed by atoms with Crippen molar-refractivity contribution in [1.82, 2.24) is 9.55 Å². The molecule has 0 fully saturated rings. The first-order chi connectivity index (χ1) is 7.58. The molecule has 0 atom stereocenters. The van der Waals surface area contributed by atoms with E-state index in [1.54, 1.807) is 12.1 Å². The van der Waals surface area contributed by atoms with Crippen molar-refractivity contribution in [2.45, 2.75) is 12.8 Å². The maximum absolute atomic E-state index is 10.5. The van der Waals surface area contributed by atoms with Gasteiger partial charge in [-0.15, -0.1) is 0 Å². The summed E-state index contributed by atoms with van der Waals surface area (Å²) in [6.07, 6.45) is 0.517. The van der Waals surface area contributed by atoms with Crippen molar-refractivity contribution in [3.05, 3.63) is 29.0 Å². The maximum Gasteiger partial charge on any atom is 0.303 e. The number of fused-ring (bicyclic) bond motifs is 1. The minimum absolute atomic E-state index is 0.0882. The monoisotopic (exact) mass is 238 g/mol. The van der Waals surface area contributed by atoms with E-state index >= 15 is 0 Å². The van der Waals surface area contributed by atoms with Crippen molar-refractivity contribution in [1.29, 1.82) is 0 Å². The number of nitrogens with zero attached hydrogens (tertiary/aromatic N) is 2. The van der Waals surface area contributed by atoms with E-state index in [-0.39, 0.29) is 6.42 Å². The van der Waals surface area contributed by atoms with Crippen LogP contribution >= 0.6 is 11.6 Å². The van der Waals surface area contributed by atoms with Crippen molar-refractivity contribution in [2.75, 3.05) is 0 Å². The number of aryl methyl sites for hydroxylation is 2. The highest BCUT2D eigenvalue weighted by Gasteiger charge is 2.09. The Hall–Kier alpha value is -1.55. The predicted molar refractivity (Wildman–Crippen MR) is 61.7 cm³/mol. The number of rotatable bonds is 3. The molecule has 0 saturated heterocycles. The maximum atomic E-state index is 10.5. The molecule has 4 nitrogen and oxygen atoms in total. The second kappa shape index (κ2) is 4.14. The molecule has 2 aromatic rings. The number of hydrogen-bond donors (Lipinski definition) is 1. The van der Waals surface area contributed by atoms with Gasteiger partial charge in [0.25, 0.3) is 0 Å². The van der Waals surface area contributed by atoms with Gasteiger partial charge in [0.15, 0.2) is 0 Å². The number of imidazole rings is 1. The molecule has 0 aliphatic heterocycles. The number of aromatic nitrogens is 2. The van der Waals surface area contributed by atoms with Crippen molar-refractivity contribution in [3.8, 4) is 0 Å². The molecule has 0 bridgehead atoms. The molecule has 0 spiro atoms. The molecule has 0 aliphatic rings. The summed E-state index contributed by atoms with van der Waals surface area (Å²) in [5.74, 6) is -0.0512. The lowest BCUT2D eigenvalue weighted by Crippen LogP contribution is -2.03. The standard InChI is InChI=1S/C11H11ClN2O2/c1-14-9-3-2-7(12)6-8(9)13-10(14)4-5-11(15)16/h2-3,6H,4-5H2,1H3,(H,15,16). The van der Waals surface area contributed by atoms with E-state index in [1.165, 1.54) is 0 Å². The fraction of sp³-hybridized carbons (Fsp3) is 0.273. The van der Waals surface area contributed by atoms with Crippen LogP contribution in [0.15, 0.2) is 18.2 Å². The van der Waals surface area contributed by atoms with Crippen molar-refractivity contribution in [3.63, 3.8) is 0 Å². The van der Waals surface area contributed by atoms with Gasteiger partial charge in [0, 0.05) is 18.5 Å². The Morgan fingerprint density at radius 2 is 2.31 bits per heavy atom. The molecule has 0 unspecified atom stereocenters. The molecule has 84 valence electrons. The van der Waals surface area contributed by atoms with E-state index in [0.29, 0.717) is 11.4 Å². The first-order valence-electron chi connectivity index (χ1n) is 4.90. The van der Waals surface area contributed by atoms with Gasteiger partial charge in [0.1, 0.15) is 5.82 Å². The van der Waals surface area contributed by atoms with Crippen LogP contribution in [0.3, 0.4) is 0 Å². The van der Waals surface area contributed by atoms with Crippen LogP contribution in [0, 0.1) is 0 Å². The number of halogens is 1. The minimum atomic E-state index is -0.815. The lowest BCUT2D eigenvalue weighted by atomic mass is 10.3. The molecule has 1 N–H and O–H groups in total. The van der Waals surface area contributed by atoms with E-state index < -0.39 is 5.97 Å². The minimum Gasteiger partial charge on any atom is -0.481 e. The molecule has 2 rings (SSSR count). The summed E-state index contributed by atoms with van der Waals surface area (Å²) in [6.45, 7) is 0. The molecule has 0 radical (unpaired) electrons. The van der Waals surface area contributed by atoms with Gasteiger partial charge in [-0.3, -0.25) is 4.79 Å². The summed E-state index contributed by atoms with van der Waals surface area (Å²) < 4.78 is 1.90. The number of benzene rings is 1. The third kappa shape index (κ3) is 2.02. The quantitative estimate of drug-likeness (QED) is 0.892. The Bertz CT molecular complexity index is 548. The molecule has 16 heavy (non-hydrogen) atoms. The number of aliphatic carboxylic acids is 1. The van der Waals surface area contributed by atoms with Gasteiger partial charge < -0.3 is 9.67 Å². The number of carboxylic acids is 1.